The molecule has 2 rings (SSSR count). The fourth-order valence-electron chi connectivity index (χ4n) is 2.50. The highest BCUT2D eigenvalue weighted by Crippen LogP contribution is 2.50. The molecule has 0 aromatic carbocycles. The van der Waals surface area contributed by atoms with E-state index in [-0.39, 0.29) is 0 Å². The van der Waals surface area contributed by atoms with Crippen molar-refractivity contribution in [3.8, 4) is 0 Å². The van der Waals surface area contributed by atoms with Crippen LogP contribution in [0.3, 0.4) is 0 Å². The van der Waals surface area contributed by atoms with Gasteiger partial charge in [-0.1, -0.05) is 25.0 Å². The lowest BCUT2D eigenvalue weighted by Crippen LogP contribution is -1.89. The Kier molecular flexibility index (Phi) is 2.50. The van der Waals surface area contributed by atoms with Crippen LogP contribution in [0.4, 0.5) is 0 Å². The number of hydrogen-bond acceptors (Lipinski definition) is 1. The molecule has 2 aliphatic carbocycles. The molecule has 0 spiro atoms. The van der Waals surface area contributed by atoms with Gasteiger partial charge < -0.3 is 5.11 Å². The van der Waals surface area contributed by atoms with Crippen LogP contribution in [0.5, 0.6) is 0 Å². The zero-order valence-electron chi connectivity index (χ0n) is 7.58. The Morgan fingerprint density at radius 3 is 3.00 bits per heavy atom. The molecule has 0 saturated heterocycles. The maximum absolute atomic E-state index is 9.06. The lowest BCUT2D eigenvalue weighted by Gasteiger charge is -1.97. The molecule has 0 bridgehead atoms. The van der Waals surface area contributed by atoms with Crippen LogP contribution in [0.15, 0.2) is 12.2 Å². The minimum atomic E-state index is 0.402. The van der Waals surface area contributed by atoms with Gasteiger partial charge in [0.15, 0.2) is 0 Å². The van der Waals surface area contributed by atoms with Crippen molar-refractivity contribution >= 4 is 0 Å². The van der Waals surface area contributed by atoms with Crippen molar-refractivity contribution in [2.24, 2.45) is 17.8 Å². The monoisotopic (exact) mass is 166 g/mol. The van der Waals surface area contributed by atoms with Gasteiger partial charge in [-0.3, -0.25) is 0 Å². The van der Waals surface area contributed by atoms with Crippen molar-refractivity contribution in [1.29, 1.82) is 0 Å². The lowest BCUT2D eigenvalue weighted by molar-refractivity contribution is 0.264. The van der Waals surface area contributed by atoms with Crippen LogP contribution in [0.1, 0.15) is 32.1 Å². The number of allylic oxidation sites excluding steroid dienone is 2. The first-order chi connectivity index (χ1) is 5.93. The fraction of sp³-hybridized carbons (Fsp3) is 0.818. The van der Waals surface area contributed by atoms with E-state index in [1.54, 1.807) is 0 Å². The highest BCUT2D eigenvalue weighted by Gasteiger charge is 2.46. The average molecular weight is 166 g/mol. The molecule has 0 aromatic rings. The summed E-state index contributed by atoms with van der Waals surface area (Å²) in [6, 6.07) is 0. The van der Waals surface area contributed by atoms with Crippen LogP contribution in [-0.2, 0) is 0 Å². The van der Waals surface area contributed by atoms with Crippen LogP contribution in [0, 0.1) is 17.8 Å². The minimum Gasteiger partial charge on any atom is -0.396 e. The van der Waals surface area contributed by atoms with Gasteiger partial charge in [0, 0.05) is 6.61 Å². The largest absolute Gasteiger partial charge is 0.396 e. The number of hydrogen-bond donors (Lipinski definition) is 1. The first-order valence-electron chi connectivity index (χ1n) is 5.21. The Bertz CT molecular complexity index is 174. The van der Waals surface area contributed by atoms with Gasteiger partial charge in [-0.15, -0.1) is 0 Å². The standard InChI is InChI=1S/C11H18O/c12-8-11-9-6-4-2-1-3-5-7-10(9)11/h4,6,9-12H,1-3,5,7-8H2/b6-4-. The molecule has 0 radical (unpaired) electrons. The Morgan fingerprint density at radius 2 is 2.17 bits per heavy atom. The summed E-state index contributed by atoms with van der Waals surface area (Å²) in [7, 11) is 0. The van der Waals surface area contributed by atoms with E-state index < -0.39 is 0 Å². The average Bonchev–Trinajstić information content (AvgIpc) is 2.73. The third-order valence-electron chi connectivity index (χ3n) is 3.38. The molecule has 1 heteroatoms. The summed E-state index contributed by atoms with van der Waals surface area (Å²) in [6.07, 6.45) is 11.4. The molecule has 1 nitrogen and oxygen atoms in total. The van der Waals surface area contributed by atoms with E-state index in [1.807, 2.05) is 0 Å². The third-order valence-corrected chi connectivity index (χ3v) is 3.38. The van der Waals surface area contributed by atoms with Gasteiger partial charge in [-0.2, -0.15) is 0 Å². The van der Waals surface area contributed by atoms with E-state index in [2.05, 4.69) is 12.2 Å². The van der Waals surface area contributed by atoms with Gasteiger partial charge in [-0.25, -0.2) is 0 Å². The molecule has 0 heterocycles. The molecule has 0 aliphatic heterocycles. The van der Waals surface area contributed by atoms with Crippen LogP contribution in [-0.4, -0.2) is 11.7 Å². The normalized spacial score (nSPS) is 43.6. The van der Waals surface area contributed by atoms with Crippen molar-refractivity contribution in [1.82, 2.24) is 0 Å². The lowest BCUT2D eigenvalue weighted by atomic mass is 10.1. The third kappa shape index (κ3) is 1.56. The summed E-state index contributed by atoms with van der Waals surface area (Å²) in [6.45, 7) is 0.402. The van der Waals surface area contributed by atoms with Gasteiger partial charge in [-0.05, 0) is 37.0 Å². The van der Waals surface area contributed by atoms with Crippen LogP contribution in [0.25, 0.3) is 0 Å². The van der Waals surface area contributed by atoms with Crippen LogP contribution >= 0.6 is 0 Å². The molecule has 68 valence electrons. The summed E-state index contributed by atoms with van der Waals surface area (Å²) in [5.41, 5.74) is 0. The molecular weight excluding hydrogens is 148 g/mol. The zero-order valence-corrected chi connectivity index (χ0v) is 7.58. The molecule has 12 heavy (non-hydrogen) atoms. The molecule has 0 amide bonds. The molecule has 1 saturated carbocycles. The Labute approximate surface area is 74.5 Å². The maximum Gasteiger partial charge on any atom is 0.0467 e. The predicted octanol–water partition coefficient (Wildman–Crippen LogP) is 2.36. The van der Waals surface area contributed by atoms with E-state index in [1.165, 1.54) is 32.1 Å². The van der Waals surface area contributed by atoms with E-state index in [0.717, 1.165) is 11.8 Å². The van der Waals surface area contributed by atoms with Crippen molar-refractivity contribution in [2.75, 3.05) is 6.61 Å². The van der Waals surface area contributed by atoms with Crippen molar-refractivity contribution < 1.29 is 5.11 Å². The van der Waals surface area contributed by atoms with E-state index in [0.29, 0.717) is 12.5 Å². The van der Waals surface area contributed by atoms with Gasteiger partial charge >= 0.3 is 0 Å². The summed E-state index contributed by atoms with van der Waals surface area (Å²) in [4.78, 5) is 0. The van der Waals surface area contributed by atoms with Gasteiger partial charge in [0.25, 0.3) is 0 Å². The molecule has 2 aliphatic rings. The molecule has 3 unspecified atom stereocenters. The van der Waals surface area contributed by atoms with E-state index in [9.17, 15) is 0 Å². The number of rotatable bonds is 1. The molecule has 3 atom stereocenters. The van der Waals surface area contributed by atoms with Gasteiger partial charge in [0.05, 0.1) is 0 Å². The maximum atomic E-state index is 9.06. The highest BCUT2D eigenvalue weighted by molar-refractivity contribution is 5.08. The SMILES string of the molecule is OCC1C2/C=C\CCCCCC21. The Hall–Kier alpha value is -0.300. The molecular formula is C11H18O. The first-order valence-corrected chi connectivity index (χ1v) is 5.21. The summed E-state index contributed by atoms with van der Waals surface area (Å²) < 4.78 is 0. The number of aliphatic hydroxyl groups excluding tert-OH is 1. The molecule has 1 N–H and O–H groups in total. The zero-order chi connectivity index (χ0) is 8.39. The Morgan fingerprint density at radius 1 is 1.25 bits per heavy atom. The summed E-state index contributed by atoms with van der Waals surface area (Å²) >= 11 is 0. The smallest absolute Gasteiger partial charge is 0.0467 e. The molecule has 1 fully saturated rings. The van der Waals surface area contributed by atoms with Crippen molar-refractivity contribution in [2.45, 2.75) is 32.1 Å². The van der Waals surface area contributed by atoms with E-state index >= 15 is 0 Å². The van der Waals surface area contributed by atoms with Crippen LogP contribution in [0.2, 0.25) is 0 Å². The van der Waals surface area contributed by atoms with Gasteiger partial charge in [0.2, 0.25) is 0 Å². The summed E-state index contributed by atoms with van der Waals surface area (Å²) in [5.74, 6) is 2.16. The fourth-order valence-corrected chi connectivity index (χ4v) is 2.50. The number of fused-ring (bicyclic) bond motifs is 1. The Balaban J connectivity index is 1.92. The second-order valence-electron chi connectivity index (χ2n) is 4.15. The first kappa shape index (κ1) is 8.31. The van der Waals surface area contributed by atoms with Crippen molar-refractivity contribution in [3.63, 3.8) is 0 Å². The summed E-state index contributed by atoms with van der Waals surface area (Å²) in [5, 5.41) is 9.06. The highest BCUT2D eigenvalue weighted by atomic mass is 16.3. The predicted molar refractivity (Wildman–Crippen MR) is 49.8 cm³/mol. The van der Waals surface area contributed by atoms with Crippen molar-refractivity contribution in [3.05, 3.63) is 12.2 Å². The molecule has 0 aromatic heterocycles. The van der Waals surface area contributed by atoms with Gasteiger partial charge in [0.1, 0.15) is 0 Å². The topological polar surface area (TPSA) is 20.2 Å². The second kappa shape index (κ2) is 3.61. The second-order valence-corrected chi connectivity index (χ2v) is 4.15. The minimum absolute atomic E-state index is 0.402. The number of aliphatic hydroxyl groups is 1. The van der Waals surface area contributed by atoms with Crippen LogP contribution < -0.4 is 0 Å². The quantitative estimate of drug-likeness (QED) is 0.593. The van der Waals surface area contributed by atoms with E-state index in [4.69, 9.17) is 5.11 Å².